The molecule has 0 heterocycles. The third kappa shape index (κ3) is 3.45. The van der Waals surface area contributed by atoms with Crippen molar-refractivity contribution in [2.75, 3.05) is 0 Å². The summed E-state index contributed by atoms with van der Waals surface area (Å²) in [5.74, 6) is -0.246. The van der Waals surface area contributed by atoms with Crippen molar-refractivity contribution in [2.45, 2.75) is 19.9 Å². The Kier molecular flexibility index (Phi) is 4.33. The van der Waals surface area contributed by atoms with E-state index in [0.717, 1.165) is 5.56 Å². The topological polar surface area (TPSA) is 72.2 Å². The van der Waals surface area contributed by atoms with Gasteiger partial charge in [-0.3, -0.25) is 14.9 Å². The molecule has 1 amide bonds. The zero-order valence-corrected chi connectivity index (χ0v) is 11.9. The first-order valence-electron chi connectivity index (χ1n) is 6.60. The van der Waals surface area contributed by atoms with Crippen molar-refractivity contribution >= 4 is 11.6 Å². The number of amides is 1. The van der Waals surface area contributed by atoms with Gasteiger partial charge in [0.1, 0.15) is 0 Å². The summed E-state index contributed by atoms with van der Waals surface area (Å²) in [4.78, 5) is 22.5. The van der Waals surface area contributed by atoms with Gasteiger partial charge in [-0.2, -0.15) is 0 Å². The van der Waals surface area contributed by atoms with Gasteiger partial charge in [0.25, 0.3) is 11.6 Å². The van der Waals surface area contributed by atoms with Crippen LogP contribution in [-0.4, -0.2) is 10.8 Å². The summed E-state index contributed by atoms with van der Waals surface area (Å²) in [5.41, 5.74) is 1.91. The quantitative estimate of drug-likeness (QED) is 0.691. The van der Waals surface area contributed by atoms with Crippen molar-refractivity contribution in [1.82, 2.24) is 5.32 Å². The molecule has 0 aliphatic carbocycles. The molecule has 2 aromatic carbocycles. The number of hydrogen-bond acceptors (Lipinski definition) is 3. The fourth-order valence-electron chi connectivity index (χ4n) is 2.11. The van der Waals surface area contributed by atoms with Gasteiger partial charge in [0.2, 0.25) is 0 Å². The van der Waals surface area contributed by atoms with Crippen molar-refractivity contribution in [3.63, 3.8) is 0 Å². The highest BCUT2D eigenvalue weighted by Gasteiger charge is 2.15. The number of nitro benzene ring substituents is 1. The minimum absolute atomic E-state index is 0.0163. The molecule has 0 fully saturated rings. The molecule has 2 aromatic rings. The minimum Gasteiger partial charge on any atom is -0.346 e. The fraction of sp³-hybridized carbons (Fsp3) is 0.188. The van der Waals surface area contributed by atoms with Crippen molar-refractivity contribution in [2.24, 2.45) is 0 Å². The number of nitro groups is 1. The van der Waals surface area contributed by atoms with Crippen LogP contribution >= 0.6 is 0 Å². The molecule has 0 unspecified atom stereocenters. The van der Waals surface area contributed by atoms with Crippen LogP contribution in [0.25, 0.3) is 0 Å². The Bertz CT molecular complexity index is 668. The van der Waals surface area contributed by atoms with Gasteiger partial charge in [0.05, 0.1) is 11.0 Å². The van der Waals surface area contributed by atoms with Gasteiger partial charge in [-0.05, 0) is 31.5 Å². The van der Waals surface area contributed by atoms with E-state index in [0.29, 0.717) is 11.1 Å². The summed E-state index contributed by atoms with van der Waals surface area (Å²) in [6, 6.07) is 13.8. The Hall–Kier alpha value is -2.69. The average Bonchev–Trinajstić information content (AvgIpc) is 2.47. The van der Waals surface area contributed by atoms with Gasteiger partial charge in [-0.15, -0.1) is 0 Å². The third-order valence-electron chi connectivity index (χ3n) is 3.30. The number of carbonyl (C=O) groups is 1. The number of aryl methyl sites for hydroxylation is 1. The average molecular weight is 284 g/mol. The number of benzene rings is 2. The Morgan fingerprint density at radius 1 is 1.19 bits per heavy atom. The standard InChI is InChI=1S/C16H16N2O3/c1-11-10-14(8-9-15(11)18(20)21)16(19)17-12(2)13-6-4-3-5-7-13/h3-10,12H,1-2H3,(H,17,19)/t12-/m0/s1. The van der Waals surface area contributed by atoms with E-state index in [9.17, 15) is 14.9 Å². The maximum absolute atomic E-state index is 12.2. The number of nitrogens with one attached hydrogen (secondary N) is 1. The normalized spacial score (nSPS) is 11.7. The lowest BCUT2D eigenvalue weighted by atomic mass is 10.1. The number of hydrogen-bond donors (Lipinski definition) is 1. The van der Waals surface area contributed by atoms with E-state index in [2.05, 4.69) is 5.32 Å². The van der Waals surface area contributed by atoms with Gasteiger partial charge < -0.3 is 5.32 Å². The van der Waals surface area contributed by atoms with E-state index in [1.807, 2.05) is 37.3 Å². The second-order valence-corrected chi connectivity index (χ2v) is 4.86. The van der Waals surface area contributed by atoms with Crippen LogP contribution in [0.5, 0.6) is 0 Å². The zero-order chi connectivity index (χ0) is 15.4. The molecule has 0 saturated carbocycles. The number of rotatable bonds is 4. The second kappa shape index (κ2) is 6.17. The maximum atomic E-state index is 12.2. The summed E-state index contributed by atoms with van der Waals surface area (Å²) in [6.07, 6.45) is 0. The van der Waals surface area contributed by atoms with Gasteiger partial charge in [-0.1, -0.05) is 30.3 Å². The molecule has 0 aliphatic rings. The highest BCUT2D eigenvalue weighted by Crippen LogP contribution is 2.19. The zero-order valence-electron chi connectivity index (χ0n) is 11.9. The fourth-order valence-corrected chi connectivity index (χ4v) is 2.11. The molecule has 0 aromatic heterocycles. The summed E-state index contributed by atoms with van der Waals surface area (Å²) >= 11 is 0. The largest absolute Gasteiger partial charge is 0.346 e. The SMILES string of the molecule is Cc1cc(C(=O)N[C@@H](C)c2ccccc2)ccc1[N+](=O)[O-]. The third-order valence-corrected chi connectivity index (χ3v) is 3.30. The molecule has 5 heteroatoms. The van der Waals surface area contributed by atoms with E-state index in [1.54, 1.807) is 6.92 Å². The van der Waals surface area contributed by atoms with E-state index >= 15 is 0 Å². The van der Waals surface area contributed by atoms with Crippen LogP contribution in [0.4, 0.5) is 5.69 Å². The molecule has 0 saturated heterocycles. The Morgan fingerprint density at radius 3 is 2.43 bits per heavy atom. The van der Waals surface area contributed by atoms with Crippen LogP contribution in [0, 0.1) is 17.0 Å². The summed E-state index contributed by atoms with van der Waals surface area (Å²) in [5, 5.41) is 13.7. The first-order chi connectivity index (χ1) is 9.99. The van der Waals surface area contributed by atoms with Crippen molar-refractivity contribution in [3.05, 3.63) is 75.3 Å². The van der Waals surface area contributed by atoms with Crippen molar-refractivity contribution in [3.8, 4) is 0 Å². The van der Waals surface area contributed by atoms with Crippen molar-refractivity contribution in [1.29, 1.82) is 0 Å². The lowest BCUT2D eigenvalue weighted by Gasteiger charge is -2.14. The van der Waals surface area contributed by atoms with Crippen LogP contribution in [-0.2, 0) is 0 Å². The Labute approximate surface area is 122 Å². The molecule has 0 bridgehead atoms. The van der Waals surface area contributed by atoms with Crippen LogP contribution in [0.15, 0.2) is 48.5 Å². The molecule has 0 radical (unpaired) electrons. The molecule has 1 N–H and O–H groups in total. The molecular formula is C16H16N2O3. The van der Waals surface area contributed by atoms with Crippen LogP contribution in [0.2, 0.25) is 0 Å². The van der Waals surface area contributed by atoms with E-state index in [1.165, 1.54) is 18.2 Å². The summed E-state index contributed by atoms with van der Waals surface area (Å²) in [7, 11) is 0. The van der Waals surface area contributed by atoms with E-state index < -0.39 is 4.92 Å². The van der Waals surface area contributed by atoms with Gasteiger partial charge >= 0.3 is 0 Å². The van der Waals surface area contributed by atoms with E-state index in [4.69, 9.17) is 0 Å². The predicted octanol–water partition coefficient (Wildman–Crippen LogP) is 3.39. The molecular weight excluding hydrogens is 268 g/mol. The molecule has 108 valence electrons. The molecule has 0 spiro atoms. The van der Waals surface area contributed by atoms with Gasteiger partial charge in [0, 0.05) is 17.2 Å². The summed E-state index contributed by atoms with van der Waals surface area (Å²) < 4.78 is 0. The smallest absolute Gasteiger partial charge is 0.272 e. The lowest BCUT2D eigenvalue weighted by Crippen LogP contribution is -2.26. The molecule has 0 aliphatic heterocycles. The van der Waals surface area contributed by atoms with Crippen molar-refractivity contribution < 1.29 is 9.72 Å². The van der Waals surface area contributed by atoms with E-state index in [-0.39, 0.29) is 17.6 Å². The maximum Gasteiger partial charge on any atom is 0.272 e. The Morgan fingerprint density at radius 2 is 1.86 bits per heavy atom. The van der Waals surface area contributed by atoms with Gasteiger partial charge in [-0.25, -0.2) is 0 Å². The molecule has 1 atom stereocenters. The van der Waals surface area contributed by atoms with Crippen LogP contribution < -0.4 is 5.32 Å². The van der Waals surface area contributed by atoms with Gasteiger partial charge in [0.15, 0.2) is 0 Å². The first-order valence-corrected chi connectivity index (χ1v) is 6.60. The predicted molar refractivity (Wildman–Crippen MR) is 80.2 cm³/mol. The minimum atomic E-state index is -0.455. The Balaban J connectivity index is 2.14. The van der Waals surface area contributed by atoms with Crippen LogP contribution in [0.1, 0.15) is 34.5 Å². The summed E-state index contributed by atoms with van der Waals surface area (Å²) in [6.45, 7) is 3.51. The molecule has 5 nitrogen and oxygen atoms in total. The number of carbonyl (C=O) groups excluding carboxylic acids is 1. The van der Waals surface area contributed by atoms with Crippen LogP contribution in [0.3, 0.4) is 0 Å². The molecule has 2 rings (SSSR count). The highest BCUT2D eigenvalue weighted by atomic mass is 16.6. The lowest BCUT2D eigenvalue weighted by molar-refractivity contribution is -0.385. The monoisotopic (exact) mass is 284 g/mol. The highest BCUT2D eigenvalue weighted by molar-refractivity contribution is 5.95. The second-order valence-electron chi connectivity index (χ2n) is 4.86. The number of nitrogens with zero attached hydrogens (tertiary/aromatic N) is 1. The first kappa shape index (κ1) is 14.7. The molecule has 21 heavy (non-hydrogen) atoms.